The van der Waals surface area contributed by atoms with E-state index in [-0.39, 0.29) is 12.5 Å². The minimum absolute atomic E-state index is 0.0997. The van der Waals surface area contributed by atoms with Gasteiger partial charge in [0.25, 0.3) is 0 Å². The van der Waals surface area contributed by atoms with Crippen molar-refractivity contribution < 1.29 is 23.1 Å². The normalized spacial score (nSPS) is 14.1. The Morgan fingerprint density at radius 1 is 1.40 bits per heavy atom. The number of hydrogen-bond acceptors (Lipinski definition) is 3. The highest BCUT2D eigenvalue weighted by atomic mass is 19.3. The molecule has 0 radical (unpaired) electrons. The number of hydrogen-bond donors (Lipinski definition) is 0. The number of halogens is 2. The van der Waals surface area contributed by atoms with Crippen LogP contribution in [0.5, 0.6) is 0 Å². The molecule has 0 atom stereocenters. The van der Waals surface area contributed by atoms with E-state index < -0.39 is 17.5 Å². The van der Waals surface area contributed by atoms with Crippen molar-refractivity contribution >= 4 is 17.6 Å². The van der Waals surface area contributed by atoms with Crippen LogP contribution in [0.1, 0.15) is 25.0 Å². The van der Waals surface area contributed by atoms with Gasteiger partial charge in [-0.1, -0.05) is 6.07 Å². The first-order chi connectivity index (χ1) is 9.37. The van der Waals surface area contributed by atoms with Crippen molar-refractivity contribution in [2.75, 3.05) is 18.1 Å². The predicted octanol–water partition coefficient (Wildman–Crippen LogP) is 2.25. The molecule has 1 amide bonds. The Hall–Kier alpha value is -1.98. The molecule has 108 valence electrons. The first kappa shape index (κ1) is 14.4. The molecule has 0 N–H and O–H groups in total. The number of ether oxygens (including phenoxy) is 1. The van der Waals surface area contributed by atoms with Crippen molar-refractivity contribution in [3.63, 3.8) is 0 Å². The van der Waals surface area contributed by atoms with E-state index in [1.165, 1.54) is 30.9 Å². The SMILES string of the molecule is CCOC(=O)C(F)(F)c1ccc2c(c1)CCN2C(C)=O. The van der Waals surface area contributed by atoms with Gasteiger partial charge in [0.05, 0.1) is 6.61 Å². The standard InChI is InChI=1S/C14H15F2NO3/c1-3-20-13(19)14(15,16)11-4-5-12-10(8-11)6-7-17(12)9(2)18/h4-5,8H,3,6-7H2,1-2H3. The fraction of sp³-hybridized carbons (Fsp3) is 0.429. The van der Waals surface area contributed by atoms with Crippen LogP contribution in [0.2, 0.25) is 0 Å². The third-order valence-electron chi connectivity index (χ3n) is 3.25. The fourth-order valence-electron chi connectivity index (χ4n) is 2.26. The minimum atomic E-state index is -3.67. The smallest absolute Gasteiger partial charge is 0.381 e. The van der Waals surface area contributed by atoms with E-state index in [1.54, 1.807) is 0 Å². The molecule has 1 aromatic rings. The molecule has 6 heteroatoms. The third-order valence-corrected chi connectivity index (χ3v) is 3.25. The lowest BCUT2D eigenvalue weighted by Crippen LogP contribution is -2.28. The monoisotopic (exact) mass is 283 g/mol. The summed E-state index contributed by atoms with van der Waals surface area (Å²) in [6.45, 7) is 3.27. The van der Waals surface area contributed by atoms with Crippen molar-refractivity contribution in [3.05, 3.63) is 29.3 Å². The molecule has 0 spiro atoms. The zero-order chi connectivity index (χ0) is 14.9. The maximum absolute atomic E-state index is 13.9. The van der Waals surface area contributed by atoms with Crippen LogP contribution in [0.3, 0.4) is 0 Å². The lowest BCUT2D eigenvalue weighted by Gasteiger charge is -2.18. The maximum Gasteiger partial charge on any atom is 0.381 e. The Morgan fingerprint density at radius 2 is 2.10 bits per heavy atom. The van der Waals surface area contributed by atoms with Crippen LogP contribution < -0.4 is 4.90 Å². The van der Waals surface area contributed by atoms with Crippen LogP contribution in [-0.4, -0.2) is 25.0 Å². The number of carbonyl (C=O) groups excluding carboxylic acids is 2. The molecule has 0 aromatic heterocycles. The van der Waals surface area contributed by atoms with Gasteiger partial charge < -0.3 is 9.64 Å². The third kappa shape index (κ3) is 2.37. The van der Waals surface area contributed by atoms with Gasteiger partial charge >= 0.3 is 11.9 Å². The Morgan fingerprint density at radius 3 is 2.70 bits per heavy atom. The molecule has 0 fully saturated rings. The molecule has 0 saturated carbocycles. The maximum atomic E-state index is 13.9. The average molecular weight is 283 g/mol. The molecule has 1 aliphatic heterocycles. The first-order valence-corrected chi connectivity index (χ1v) is 6.34. The minimum Gasteiger partial charge on any atom is -0.461 e. The second kappa shape index (κ2) is 5.19. The topological polar surface area (TPSA) is 46.6 Å². The van der Waals surface area contributed by atoms with E-state index in [0.29, 0.717) is 24.2 Å². The van der Waals surface area contributed by atoms with Gasteiger partial charge in [0.15, 0.2) is 0 Å². The zero-order valence-corrected chi connectivity index (χ0v) is 11.3. The zero-order valence-electron chi connectivity index (χ0n) is 11.3. The summed E-state index contributed by atoms with van der Waals surface area (Å²) in [5.41, 5.74) is 0.864. The molecule has 0 bridgehead atoms. The summed E-state index contributed by atoms with van der Waals surface area (Å²) in [4.78, 5) is 24.2. The van der Waals surface area contributed by atoms with E-state index in [9.17, 15) is 18.4 Å². The highest BCUT2D eigenvalue weighted by Gasteiger charge is 2.43. The quantitative estimate of drug-likeness (QED) is 0.799. The van der Waals surface area contributed by atoms with Crippen LogP contribution in [-0.2, 0) is 26.7 Å². The van der Waals surface area contributed by atoms with Gasteiger partial charge in [0.1, 0.15) is 0 Å². The molecule has 20 heavy (non-hydrogen) atoms. The van der Waals surface area contributed by atoms with Crippen LogP contribution >= 0.6 is 0 Å². The molecule has 1 aliphatic rings. The molecule has 1 aromatic carbocycles. The van der Waals surface area contributed by atoms with Gasteiger partial charge in [0.2, 0.25) is 5.91 Å². The number of amides is 1. The summed E-state index contributed by atoms with van der Waals surface area (Å²) in [5, 5.41) is 0. The van der Waals surface area contributed by atoms with Crippen LogP contribution in [0.15, 0.2) is 18.2 Å². The first-order valence-electron chi connectivity index (χ1n) is 6.34. The van der Waals surface area contributed by atoms with Crippen molar-refractivity contribution in [2.45, 2.75) is 26.2 Å². The average Bonchev–Trinajstić information content (AvgIpc) is 2.81. The fourth-order valence-corrected chi connectivity index (χ4v) is 2.26. The van der Waals surface area contributed by atoms with Crippen LogP contribution in [0.4, 0.5) is 14.5 Å². The Bertz CT molecular complexity index is 557. The Balaban J connectivity index is 2.33. The second-order valence-corrected chi connectivity index (χ2v) is 4.56. The lowest BCUT2D eigenvalue weighted by atomic mass is 10.0. The highest BCUT2D eigenvalue weighted by Crippen LogP contribution is 2.35. The molecule has 0 aliphatic carbocycles. The largest absolute Gasteiger partial charge is 0.461 e. The van der Waals surface area contributed by atoms with Crippen molar-refractivity contribution in [3.8, 4) is 0 Å². The molecular weight excluding hydrogens is 268 g/mol. The van der Waals surface area contributed by atoms with Crippen LogP contribution in [0, 0.1) is 0 Å². The summed E-state index contributed by atoms with van der Waals surface area (Å²) in [6, 6.07) is 3.89. The second-order valence-electron chi connectivity index (χ2n) is 4.56. The summed E-state index contributed by atoms with van der Waals surface area (Å²) < 4.78 is 32.2. The number of fused-ring (bicyclic) bond motifs is 1. The summed E-state index contributed by atoms with van der Waals surface area (Å²) in [6.07, 6.45) is 0.502. The van der Waals surface area contributed by atoms with Gasteiger partial charge in [-0.2, -0.15) is 8.78 Å². The van der Waals surface area contributed by atoms with Gasteiger partial charge in [-0.05, 0) is 31.0 Å². The van der Waals surface area contributed by atoms with Crippen molar-refractivity contribution in [1.82, 2.24) is 0 Å². The van der Waals surface area contributed by atoms with Crippen LogP contribution in [0.25, 0.3) is 0 Å². The number of alkyl halides is 2. The molecular formula is C14H15F2NO3. The van der Waals surface area contributed by atoms with Crippen molar-refractivity contribution in [1.29, 1.82) is 0 Å². The van der Waals surface area contributed by atoms with Gasteiger partial charge in [0, 0.05) is 24.7 Å². The summed E-state index contributed by atoms with van der Waals surface area (Å²) >= 11 is 0. The Labute approximate surface area is 115 Å². The van der Waals surface area contributed by atoms with E-state index in [2.05, 4.69) is 4.74 Å². The number of carbonyl (C=O) groups is 2. The van der Waals surface area contributed by atoms with Gasteiger partial charge in [-0.25, -0.2) is 4.79 Å². The number of anilines is 1. The lowest BCUT2D eigenvalue weighted by molar-refractivity contribution is -0.173. The number of benzene rings is 1. The van der Waals surface area contributed by atoms with Crippen molar-refractivity contribution in [2.24, 2.45) is 0 Å². The van der Waals surface area contributed by atoms with E-state index in [1.807, 2.05) is 0 Å². The molecule has 4 nitrogen and oxygen atoms in total. The van der Waals surface area contributed by atoms with E-state index >= 15 is 0 Å². The summed E-state index contributed by atoms with van der Waals surface area (Å²) in [5.74, 6) is -5.36. The number of rotatable bonds is 3. The molecule has 2 rings (SSSR count). The number of nitrogens with zero attached hydrogens (tertiary/aromatic N) is 1. The molecule has 0 unspecified atom stereocenters. The van der Waals surface area contributed by atoms with E-state index in [0.717, 1.165) is 6.07 Å². The van der Waals surface area contributed by atoms with Gasteiger partial charge in [-0.3, -0.25) is 4.79 Å². The highest BCUT2D eigenvalue weighted by molar-refractivity contribution is 5.94. The van der Waals surface area contributed by atoms with Gasteiger partial charge in [-0.15, -0.1) is 0 Å². The number of esters is 1. The Kier molecular flexibility index (Phi) is 3.74. The molecule has 0 saturated heterocycles. The molecule has 1 heterocycles. The van der Waals surface area contributed by atoms with E-state index in [4.69, 9.17) is 0 Å². The summed E-state index contributed by atoms with van der Waals surface area (Å²) in [7, 11) is 0. The predicted molar refractivity (Wildman–Crippen MR) is 68.7 cm³/mol.